The Morgan fingerprint density at radius 3 is 2.56 bits per heavy atom. The summed E-state index contributed by atoms with van der Waals surface area (Å²) in [5.41, 5.74) is 2.08. The van der Waals surface area contributed by atoms with Gasteiger partial charge in [-0.05, 0) is 20.3 Å². The van der Waals surface area contributed by atoms with Crippen LogP contribution in [0.2, 0.25) is 0 Å². The second-order valence-corrected chi connectivity index (χ2v) is 4.89. The number of hydrogen-bond donors (Lipinski definition) is 0. The van der Waals surface area contributed by atoms with Gasteiger partial charge in [0.2, 0.25) is 0 Å². The van der Waals surface area contributed by atoms with E-state index in [4.69, 9.17) is 4.74 Å². The normalized spacial score (nSPS) is 12.8. The first-order valence-electron chi connectivity index (χ1n) is 5.79. The minimum absolute atomic E-state index is 0.587. The lowest BCUT2D eigenvalue weighted by atomic mass is 10.1. The van der Waals surface area contributed by atoms with Gasteiger partial charge in [0.1, 0.15) is 5.69 Å². The van der Waals surface area contributed by atoms with Gasteiger partial charge in [0.05, 0.1) is 12.3 Å². The molecule has 3 nitrogen and oxygen atoms in total. The number of alkyl halides is 1. The second kappa shape index (κ2) is 6.28. The Kier molecular flexibility index (Phi) is 5.32. The van der Waals surface area contributed by atoms with E-state index in [0.29, 0.717) is 5.92 Å². The van der Waals surface area contributed by atoms with Crippen LogP contribution in [0.5, 0.6) is 5.75 Å². The van der Waals surface area contributed by atoms with Crippen LogP contribution in [0.15, 0.2) is 0 Å². The van der Waals surface area contributed by atoms with Crippen LogP contribution < -0.4 is 4.74 Å². The van der Waals surface area contributed by atoms with Gasteiger partial charge in [0.15, 0.2) is 5.75 Å². The standard InChI is InChI=1S/C12H21BrN2O/c1-5-6-11(7-13)8-16-12-9(2)14-15(4)10(12)3/h11H,5-8H2,1-4H3. The van der Waals surface area contributed by atoms with E-state index < -0.39 is 0 Å². The number of aromatic nitrogens is 2. The number of aryl methyl sites for hydroxylation is 2. The van der Waals surface area contributed by atoms with E-state index in [1.165, 1.54) is 12.8 Å². The second-order valence-electron chi connectivity index (χ2n) is 4.24. The van der Waals surface area contributed by atoms with Gasteiger partial charge in [-0.1, -0.05) is 29.3 Å². The van der Waals surface area contributed by atoms with Crippen molar-refractivity contribution in [1.29, 1.82) is 0 Å². The van der Waals surface area contributed by atoms with Gasteiger partial charge in [-0.3, -0.25) is 4.68 Å². The summed E-state index contributed by atoms with van der Waals surface area (Å²) in [5, 5.41) is 5.34. The topological polar surface area (TPSA) is 27.1 Å². The Morgan fingerprint density at radius 1 is 1.44 bits per heavy atom. The van der Waals surface area contributed by atoms with Crippen LogP contribution in [0.3, 0.4) is 0 Å². The van der Waals surface area contributed by atoms with Crippen molar-refractivity contribution in [3.05, 3.63) is 11.4 Å². The predicted molar refractivity (Wildman–Crippen MR) is 70.4 cm³/mol. The molecule has 0 N–H and O–H groups in total. The van der Waals surface area contributed by atoms with Gasteiger partial charge in [-0.2, -0.15) is 5.10 Å². The molecule has 1 aromatic heterocycles. The fourth-order valence-corrected chi connectivity index (χ4v) is 2.29. The third-order valence-corrected chi connectivity index (χ3v) is 3.74. The molecule has 0 aliphatic carbocycles. The Labute approximate surface area is 106 Å². The molecule has 1 heterocycles. The van der Waals surface area contributed by atoms with E-state index >= 15 is 0 Å². The number of nitrogens with zero attached hydrogens (tertiary/aromatic N) is 2. The summed E-state index contributed by atoms with van der Waals surface area (Å²) in [6.07, 6.45) is 2.40. The molecule has 0 spiro atoms. The fraction of sp³-hybridized carbons (Fsp3) is 0.750. The van der Waals surface area contributed by atoms with Gasteiger partial charge in [-0.15, -0.1) is 0 Å². The third kappa shape index (κ3) is 3.24. The van der Waals surface area contributed by atoms with Crippen molar-refractivity contribution in [2.45, 2.75) is 33.6 Å². The number of hydrogen-bond acceptors (Lipinski definition) is 2. The van der Waals surface area contributed by atoms with Crippen LogP contribution in [0.25, 0.3) is 0 Å². The van der Waals surface area contributed by atoms with Crippen molar-refractivity contribution in [3.8, 4) is 5.75 Å². The molecule has 1 atom stereocenters. The predicted octanol–water partition coefficient (Wildman–Crippen LogP) is 3.23. The average Bonchev–Trinajstić information content (AvgIpc) is 2.49. The van der Waals surface area contributed by atoms with Crippen LogP contribution in [0, 0.1) is 19.8 Å². The van der Waals surface area contributed by atoms with Crippen molar-refractivity contribution < 1.29 is 4.74 Å². The first-order valence-corrected chi connectivity index (χ1v) is 6.91. The molecule has 0 aromatic carbocycles. The van der Waals surface area contributed by atoms with Crippen LogP contribution in [-0.2, 0) is 7.05 Å². The molecular weight excluding hydrogens is 268 g/mol. The molecule has 0 fully saturated rings. The van der Waals surface area contributed by atoms with E-state index in [-0.39, 0.29) is 0 Å². The van der Waals surface area contributed by atoms with Crippen molar-refractivity contribution in [2.75, 3.05) is 11.9 Å². The van der Waals surface area contributed by atoms with Gasteiger partial charge in [0, 0.05) is 18.3 Å². The summed E-state index contributed by atoms with van der Waals surface area (Å²) in [6, 6.07) is 0. The fourth-order valence-electron chi connectivity index (χ4n) is 1.78. The monoisotopic (exact) mass is 288 g/mol. The zero-order valence-corrected chi connectivity index (χ0v) is 12.2. The van der Waals surface area contributed by atoms with E-state index in [2.05, 4.69) is 28.0 Å². The number of halogens is 1. The highest BCUT2D eigenvalue weighted by Crippen LogP contribution is 2.22. The van der Waals surface area contributed by atoms with Crippen LogP contribution in [0.4, 0.5) is 0 Å². The smallest absolute Gasteiger partial charge is 0.162 e. The van der Waals surface area contributed by atoms with E-state index in [1.807, 2.05) is 25.6 Å². The minimum atomic E-state index is 0.587. The zero-order chi connectivity index (χ0) is 12.1. The van der Waals surface area contributed by atoms with Crippen molar-refractivity contribution in [3.63, 3.8) is 0 Å². The van der Waals surface area contributed by atoms with E-state index in [1.54, 1.807) is 0 Å². The molecular formula is C12H21BrN2O. The highest BCUT2D eigenvalue weighted by atomic mass is 79.9. The van der Waals surface area contributed by atoms with E-state index in [9.17, 15) is 0 Å². The van der Waals surface area contributed by atoms with Crippen molar-refractivity contribution in [2.24, 2.45) is 13.0 Å². The molecule has 0 radical (unpaired) electrons. The van der Waals surface area contributed by atoms with E-state index in [0.717, 1.165) is 29.1 Å². The van der Waals surface area contributed by atoms with Gasteiger partial charge < -0.3 is 4.74 Å². The third-order valence-electron chi connectivity index (χ3n) is 2.82. The Morgan fingerprint density at radius 2 is 2.12 bits per heavy atom. The minimum Gasteiger partial charge on any atom is -0.489 e. The molecule has 0 bridgehead atoms. The lowest BCUT2D eigenvalue weighted by molar-refractivity contribution is 0.252. The molecule has 1 rings (SSSR count). The summed E-state index contributed by atoms with van der Waals surface area (Å²) in [4.78, 5) is 0. The Hall–Kier alpha value is -0.510. The quantitative estimate of drug-likeness (QED) is 0.752. The first-order chi connectivity index (χ1) is 7.60. The number of ether oxygens (including phenoxy) is 1. The lowest BCUT2D eigenvalue weighted by Crippen LogP contribution is -2.13. The highest BCUT2D eigenvalue weighted by Gasteiger charge is 2.13. The molecule has 0 aliphatic rings. The molecule has 1 unspecified atom stereocenters. The lowest BCUT2D eigenvalue weighted by Gasteiger charge is -2.14. The zero-order valence-electron chi connectivity index (χ0n) is 10.6. The summed E-state index contributed by atoms with van der Waals surface area (Å²) in [7, 11) is 1.95. The molecule has 0 saturated carbocycles. The SMILES string of the molecule is CCCC(CBr)COc1c(C)nn(C)c1C. The van der Waals surface area contributed by atoms with Gasteiger partial charge >= 0.3 is 0 Å². The first kappa shape index (κ1) is 13.6. The molecule has 0 saturated heterocycles. The Balaban J connectivity index is 2.59. The van der Waals surface area contributed by atoms with Crippen LogP contribution in [-0.4, -0.2) is 21.7 Å². The molecule has 4 heteroatoms. The molecule has 92 valence electrons. The highest BCUT2D eigenvalue weighted by molar-refractivity contribution is 9.09. The molecule has 0 aliphatic heterocycles. The summed E-state index contributed by atoms with van der Waals surface area (Å²) in [6.45, 7) is 7.01. The molecule has 1 aromatic rings. The summed E-state index contributed by atoms with van der Waals surface area (Å²) < 4.78 is 7.75. The van der Waals surface area contributed by atoms with Crippen LogP contribution >= 0.6 is 15.9 Å². The molecule has 0 amide bonds. The largest absolute Gasteiger partial charge is 0.489 e. The summed E-state index contributed by atoms with van der Waals surface area (Å²) >= 11 is 3.53. The maximum absolute atomic E-state index is 5.88. The maximum atomic E-state index is 5.88. The van der Waals surface area contributed by atoms with Gasteiger partial charge in [-0.25, -0.2) is 0 Å². The number of rotatable bonds is 6. The molecule has 16 heavy (non-hydrogen) atoms. The van der Waals surface area contributed by atoms with Crippen molar-refractivity contribution in [1.82, 2.24) is 9.78 Å². The van der Waals surface area contributed by atoms with Crippen LogP contribution in [0.1, 0.15) is 31.2 Å². The Bertz CT molecular complexity index is 336. The maximum Gasteiger partial charge on any atom is 0.162 e. The van der Waals surface area contributed by atoms with Gasteiger partial charge in [0.25, 0.3) is 0 Å². The average molecular weight is 289 g/mol. The van der Waals surface area contributed by atoms with Crippen molar-refractivity contribution >= 4 is 15.9 Å². The summed E-state index contributed by atoms with van der Waals surface area (Å²) in [5.74, 6) is 1.54.